The van der Waals surface area contributed by atoms with Crippen LogP contribution < -0.4 is 5.32 Å². The van der Waals surface area contributed by atoms with E-state index >= 15 is 0 Å². The minimum absolute atomic E-state index is 0.0556. The molecule has 0 saturated carbocycles. The lowest BCUT2D eigenvalue weighted by Gasteiger charge is -2.16. The number of thioether (sulfide) groups is 1. The Bertz CT molecular complexity index is 749. The summed E-state index contributed by atoms with van der Waals surface area (Å²) in [6, 6.07) is 17.9. The van der Waals surface area contributed by atoms with Crippen LogP contribution in [0.4, 0.5) is 0 Å². The largest absolute Gasteiger partial charge is 0.351 e. The van der Waals surface area contributed by atoms with Gasteiger partial charge in [-0.25, -0.2) is 0 Å². The second kappa shape index (κ2) is 9.43. The molecule has 1 saturated heterocycles. The molecule has 4 nitrogen and oxygen atoms in total. The van der Waals surface area contributed by atoms with E-state index in [9.17, 15) is 9.59 Å². The Balaban J connectivity index is 1.42. The highest BCUT2D eigenvalue weighted by Gasteiger charge is 2.20. The van der Waals surface area contributed by atoms with Gasteiger partial charge in [0.25, 0.3) is 5.91 Å². The number of nitrogens with zero attached hydrogens (tertiary/aromatic N) is 1. The summed E-state index contributed by atoms with van der Waals surface area (Å²) in [6.07, 6.45) is 1.57. The van der Waals surface area contributed by atoms with Gasteiger partial charge in [-0.05, 0) is 29.7 Å². The maximum absolute atomic E-state index is 12.3. The molecule has 2 amide bonds. The van der Waals surface area contributed by atoms with E-state index in [-0.39, 0.29) is 11.8 Å². The normalized spacial score (nSPS) is 13.8. The summed E-state index contributed by atoms with van der Waals surface area (Å²) in [7, 11) is 0. The highest BCUT2D eigenvalue weighted by molar-refractivity contribution is 7.98. The van der Waals surface area contributed by atoms with Gasteiger partial charge in [0.1, 0.15) is 0 Å². The molecule has 136 valence electrons. The molecular weight excluding hydrogens is 344 g/mol. The zero-order chi connectivity index (χ0) is 18.2. The average Bonchev–Trinajstić information content (AvgIpc) is 3.07. The van der Waals surface area contributed by atoms with E-state index in [1.165, 1.54) is 5.56 Å². The van der Waals surface area contributed by atoms with Crippen molar-refractivity contribution in [2.75, 3.05) is 18.8 Å². The van der Waals surface area contributed by atoms with Crippen molar-refractivity contribution >= 4 is 23.6 Å². The SMILES string of the molecule is O=C(NCCSCc1ccccc1)c1cccc(CN2CCCC2=O)c1. The van der Waals surface area contributed by atoms with Gasteiger partial charge in [-0.15, -0.1) is 0 Å². The van der Waals surface area contributed by atoms with Gasteiger partial charge in [0.05, 0.1) is 0 Å². The van der Waals surface area contributed by atoms with Crippen LogP contribution in [0.15, 0.2) is 54.6 Å². The molecule has 2 aromatic carbocycles. The fourth-order valence-electron chi connectivity index (χ4n) is 3.01. The highest BCUT2D eigenvalue weighted by atomic mass is 32.2. The minimum Gasteiger partial charge on any atom is -0.351 e. The molecule has 0 aromatic heterocycles. The molecule has 1 heterocycles. The van der Waals surface area contributed by atoms with E-state index in [0.717, 1.165) is 30.0 Å². The maximum atomic E-state index is 12.3. The Hall–Kier alpha value is -2.27. The first-order valence-electron chi connectivity index (χ1n) is 8.99. The topological polar surface area (TPSA) is 49.4 Å². The van der Waals surface area contributed by atoms with Crippen molar-refractivity contribution in [1.82, 2.24) is 10.2 Å². The molecular formula is C21H24N2O2S. The smallest absolute Gasteiger partial charge is 0.251 e. The zero-order valence-electron chi connectivity index (χ0n) is 14.8. The summed E-state index contributed by atoms with van der Waals surface area (Å²) in [5.41, 5.74) is 2.96. The van der Waals surface area contributed by atoms with Crippen LogP contribution in [0.5, 0.6) is 0 Å². The third-order valence-electron chi connectivity index (χ3n) is 4.38. The van der Waals surface area contributed by atoms with Crippen molar-refractivity contribution in [1.29, 1.82) is 0 Å². The number of carbonyl (C=O) groups is 2. The van der Waals surface area contributed by atoms with Gasteiger partial charge < -0.3 is 10.2 Å². The number of carbonyl (C=O) groups excluding carboxylic acids is 2. The number of rotatable bonds is 8. The van der Waals surface area contributed by atoms with E-state index in [1.807, 2.05) is 59.1 Å². The summed E-state index contributed by atoms with van der Waals surface area (Å²) in [5, 5.41) is 2.97. The van der Waals surface area contributed by atoms with Gasteiger partial charge >= 0.3 is 0 Å². The first kappa shape index (κ1) is 18.5. The minimum atomic E-state index is -0.0556. The Morgan fingerprint density at radius 1 is 1.08 bits per heavy atom. The summed E-state index contributed by atoms with van der Waals surface area (Å²) in [4.78, 5) is 25.9. The number of likely N-dealkylation sites (tertiary alicyclic amines) is 1. The van der Waals surface area contributed by atoms with Crippen LogP contribution in [0.3, 0.4) is 0 Å². The standard InChI is InChI=1S/C21H24N2O2S/c24-20-10-5-12-23(20)15-18-8-4-9-19(14-18)21(25)22-11-13-26-16-17-6-2-1-3-7-17/h1-4,6-9,14H,5,10-13,15-16H2,(H,22,25). The lowest BCUT2D eigenvalue weighted by molar-refractivity contribution is -0.128. The summed E-state index contributed by atoms with van der Waals surface area (Å²) in [6.45, 7) is 2.05. The molecule has 0 bridgehead atoms. The lowest BCUT2D eigenvalue weighted by atomic mass is 10.1. The van der Waals surface area contributed by atoms with Crippen LogP contribution >= 0.6 is 11.8 Å². The van der Waals surface area contributed by atoms with Gasteiger partial charge in [-0.1, -0.05) is 42.5 Å². The fourth-order valence-corrected chi connectivity index (χ4v) is 3.82. The summed E-state index contributed by atoms with van der Waals surface area (Å²) in [5.74, 6) is 1.98. The highest BCUT2D eigenvalue weighted by Crippen LogP contribution is 2.15. The number of benzene rings is 2. The van der Waals surface area contributed by atoms with Crippen molar-refractivity contribution in [3.63, 3.8) is 0 Å². The predicted octanol–water partition coefficient (Wildman–Crippen LogP) is 3.47. The fraction of sp³-hybridized carbons (Fsp3) is 0.333. The molecule has 1 aliphatic heterocycles. The van der Waals surface area contributed by atoms with Crippen molar-refractivity contribution in [2.45, 2.75) is 25.1 Å². The monoisotopic (exact) mass is 368 g/mol. The average molecular weight is 369 g/mol. The van der Waals surface area contributed by atoms with E-state index in [1.54, 1.807) is 0 Å². The van der Waals surface area contributed by atoms with Crippen molar-refractivity contribution < 1.29 is 9.59 Å². The maximum Gasteiger partial charge on any atom is 0.251 e. The van der Waals surface area contributed by atoms with Crippen LogP contribution in [0.25, 0.3) is 0 Å². The molecule has 0 radical (unpaired) electrons. The van der Waals surface area contributed by atoms with Crippen molar-refractivity contribution in [3.05, 3.63) is 71.3 Å². The second-order valence-electron chi connectivity index (χ2n) is 6.41. The Morgan fingerprint density at radius 2 is 1.88 bits per heavy atom. The quantitative estimate of drug-likeness (QED) is 0.726. The summed E-state index contributed by atoms with van der Waals surface area (Å²) < 4.78 is 0. The van der Waals surface area contributed by atoms with E-state index in [2.05, 4.69) is 17.4 Å². The van der Waals surface area contributed by atoms with Gasteiger partial charge in [-0.2, -0.15) is 11.8 Å². The van der Waals surface area contributed by atoms with Crippen molar-refractivity contribution in [2.24, 2.45) is 0 Å². The van der Waals surface area contributed by atoms with Crippen LogP contribution in [0, 0.1) is 0 Å². The molecule has 5 heteroatoms. The third-order valence-corrected chi connectivity index (χ3v) is 5.41. The lowest BCUT2D eigenvalue weighted by Crippen LogP contribution is -2.26. The van der Waals surface area contributed by atoms with Crippen molar-refractivity contribution in [3.8, 4) is 0 Å². The molecule has 1 aliphatic rings. The van der Waals surface area contributed by atoms with Crippen LogP contribution in [-0.4, -0.2) is 35.6 Å². The van der Waals surface area contributed by atoms with Gasteiger partial charge in [0.15, 0.2) is 0 Å². The Labute approximate surface area is 159 Å². The molecule has 2 aromatic rings. The molecule has 3 rings (SSSR count). The molecule has 1 N–H and O–H groups in total. The van der Waals surface area contributed by atoms with E-state index < -0.39 is 0 Å². The zero-order valence-corrected chi connectivity index (χ0v) is 15.6. The molecule has 0 aliphatic carbocycles. The first-order valence-corrected chi connectivity index (χ1v) is 10.1. The van der Waals surface area contributed by atoms with E-state index in [0.29, 0.717) is 25.1 Å². The Morgan fingerprint density at radius 3 is 2.65 bits per heavy atom. The second-order valence-corrected chi connectivity index (χ2v) is 7.52. The number of hydrogen-bond donors (Lipinski definition) is 1. The summed E-state index contributed by atoms with van der Waals surface area (Å²) >= 11 is 1.81. The van der Waals surface area contributed by atoms with Crippen LogP contribution in [0.2, 0.25) is 0 Å². The van der Waals surface area contributed by atoms with Crippen LogP contribution in [0.1, 0.15) is 34.3 Å². The predicted molar refractivity (Wildman–Crippen MR) is 106 cm³/mol. The van der Waals surface area contributed by atoms with Gasteiger partial charge in [0, 0.05) is 43.1 Å². The molecule has 1 fully saturated rings. The van der Waals surface area contributed by atoms with Gasteiger partial charge in [-0.3, -0.25) is 9.59 Å². The number of nitrogens with one attached hydrogen (secondary N) is 1. The number of hydrogen-bond acceptors (Lipinski definition) is 3. The van der Waals surface area contributed by atoms with E-state index in [4.69, 9.17) is 0 Å². The molecule has 0 atom stereocenters. The van der Waals surface area contributed by atoms with Crippen LogP contribution in [-0.2, 0) is 17.1 Å². The molecule has 0 spiro atoms. The number of amides is 2. The first-order chi connectivity index (χ1) is 12.7. The third kappa shape index (κ3) is 5.36. The molecule has 26 heavy (non-hydrogen) atoms. The van der Waals surface area contributed by atoms with Gasteiger partial charge in [0.2, 0.25) is 5.91 Å². The molecule has 0 unspecified atom stereocenters. The Kier molecular flexibility index (Phi) is 6.72.